The highest BCUT2D eigenvalue weighted by molar-refractivity contribution is 9.10. The van der Waals surface area contributed by atoms with E-state index in [1.54, 1.807) is 6.07 Å². The molecule has 0 saturated carbocycles. The second-order valence-electron chi connectivity index (χ2n) is 3.93. The van der Waals surface area contributed by atoms with E-state index in [0.29, 0.717) is 14.0 Å². The first-order valence-corrected chi connectivity index (χ1v) is 7.21. The Kier molecular flexibility index (Phi) is 4.61. The molecular weight excluding hydrogens is 403 g/mol. The maximum Gasteiger partial charge on any atom is 0.129 e. The normalized spacial score (nSPS) is 12.5. The van der Waals surface area contributed by atoms with Crippen LogP contribution in [0.15, 0.2) is 39.3 Å². The summed E-state index contributed by atoms with van der Waals surface area (Å²) in [7, 11) is 0. The topological polar surface area (TPSA) is 26.0 Å². The molecule has 0 bridgehead atoms. The lowest BCUT2D eigenvalue weighted by molar-refractivity contribution is 0.575. The molecular formula is C13H8Br2ClF2N. The van der Waals surface area contributed by atoms with E-state index in [2.05, 4.69) is 31.9 Å². The third-order valence-electron chi connectivity index (χ3n) is 2.67. The van der Waals surface area contributed by atoms with Gasteiger partial charge in [-0.05, 0) is 40.2 Å². The molecule has 0 aliphatic heterocycles. The van der Waals surface area contributed by atoms with Crippen molar-refractivity contribution in [2.45, 2.75) is 6.04 Å². The quantitative estimate of drug-likeness (QED) is 0.676. The number of halogens is 5. The summed E-state index contributed by atoms with van der Waals surface area (Å²) in [6.07, 6.45) is 0. The van der Waals surface area contributed by atoms with Crippen LogP contribution in [-0.4, -0.2) is 0 Å². The molecule has 0 heterocycles. The molecule has 0 aliphatic rings. The molecule has 6 heteroatoms. The van der Waals surface area contributed by atoms with Crippen molar-refractivity contribution in [3.63, 3.8) is 0 Å². The Hall–Kier alpha value is -0.490. The van der Waals surface area contributed by atoms with Gasteiger partial charge in [-0.1, -0.05) is 33.6 Å². The highest BCUT2D eigenvalue weighted by atomic mass is 79.9. The van der Waals surface area contributed by atoms with E-state index < -0.39 is 17.7 Å². The molecule has 0 saturated heterocycles. The highest BCUT2D eigenvalue weighted by Crippen LogP contribution is 2.31. The van der Waals surface area contributed by atoms with Crippen LogP contribution in [0.25, 0.3) is 0 Å². The van der Waals surface area contributed by atoms with Crippen molar-refractivity contribution < 1.29 is 8.78 Å². The number of benzene rings is 2. The number of hydrogen-bond donors (Lipinski definition) is 1. The van der Waals surface area contributed by atoms with Crippen molar-refractivity contribution in [1.29, 1.82) is 0 Å². The van der Waals surface area contributed by atoms with Gasteiger partial charge in [0.25, 0.3) is 0 Å². The van der Waals surface area contributed by atoms with Gasteiger partial charge in [0.2, 0.25) is 0 Å². The maximum absolute atomic E-state index is 13.9. The standard InChI is InChI=1S/C13H8Br2ClF2N/c14-6-1-2-7(11(17)3-6)13(19)8-4-10(16)9(15)5-12(8)18/h1-5,13H,19H2. The Bertz CT molecular complexity index is 634. The van der Waals surface area contributed by atoms with Crippen molar-refractivity contribution in [2.75, 3.05) is 0 Å². The molecule has 1 unspecified atom stereocenters. The monoisotopic (exact) mass is 409 g/mol. The van der Waals surface area contributed by atoms with Gasteiger partial charge in [-0.2, -0.15) is 0 Å². The summed E-state index contributed by atoms with van der Waals surface area (Å²) in [5, 5.41) is 0.323. The zero-order chi connectivity index (χ0) is 14.2. The summed E-state index contributed by atoms with van der Waals surface area (Å²) in [5.74, 6) is -1.04. The lowest BCUT2D eigenvalue weighted by atomic mass is 9.99. The third-order valence-corrected chi connectivity index (χ3v) is 4.36. The summed E-state index contributed by atoms with van der Waals surface area (Å²) >= 11 is 12.2. The average Bonchev–Trinajstić information content (AvgIpc) is 2.33. The van der Waals surface area contributed by atoms with Gasteiger partial charge in [0.1, 0.15) is 11.6 Å². The molecule has 0 aromatic heterocycles. The van der Waals surface area contributed by atoms with Gasteiger partial charge in [0.15, 0.2) is 0 Å². The van der Waals surface area contributed by atoms with Crippen molar-refractivity contribution in [3.05, 3.63) is 67.1 Å². The zero-order valence-electron chi connectivity index (χ0n) is 9.43. The van der Waals surface area contributed by atoms with E-state index in [4.69, 9.17) is 17.3 Å². The third kappa shape index (κ3) is 3.16. The fourth-order valence-corrected chi connectivity index (χ4v) is 2.52. The van der Waals surface area contributed by atoms with E-state index in [0.717, 1.165) is 0 Å². The van der Waals surface area contributed by atoms with Crippen molar-refractivity contribution in [2.24, 2.45) is 5.73 Å². The van der Waals surface area contributed by atoms with Crippen LogP contribution in [0.3, 0.4) is 0 Å². The first-order chi connectivity index (χ1) is 8.90. The van der Waals surface area contributed by atoms with Gasteiger partial charge in [-0.25, -0.2) is 8.78 Å². The van der Waals surface area contributed by atoms with Crippen LogP contribution in [0.2, 0.25) is 5.02 Å². The highest BCUT2D eigenvalue weighted by Gasteiger charge is 2.19. The zero-order valence-corrected chi connectivity index (χ0v) is 13.4. The van der Waals surface area contributed by atoms with Gasteiger partial charge in [-0.15, -0.1) is 0 Å². The largest absolute Gasteiger partial charge is 0.320 e. The Morgan fingerprint density at radius 3 is 2.26 bits per heavy atom. The number of hydrogen-bond acceptors (Lipinski definition) is 1. The molecule has 2 aromatic carbocycles. The van der Waals surface area contributed by atoms with Crippen LogP contribution in [0, 0.1) is 11.6 Å². The molecule has 0 amide bonds. The van der Waals surface area contributed by atoms with Crippen molar-refractivity contribution >= 4 is 43.5 Å². The smallest absolute Gasteiger partial charge is 0.129 e. The van der Waals surface area contributed by atoms with Crippen LogP contribution >= 0.6 is 43.5 Å². The Morgan fingerprint density at radius 1 is 1.00 bits per heavy atom. The first kappa shape index (κ1) is 14.9. The summed E-state index contributed by atoms with van der Waals surface area (Å²) in [5.41, 5.74) is 6.27. The molecule has 0 fully saturated rings. The molecule has 1 nitrogen and oxygen atoms in total. The molecule has 0 aliphatic carbocycles. The minimum Gasteiger partial charge on any atom is -0.320 e. The van der Waals surface area contributed by atoms with E-state index in [-0.39, 0.29) is 11.1 Å². The van der Waals surface area contributed by atoms with Crippen LogP contribution < -0.4 is 5.73 Å². The molecule has 1 atom stereocenters. The van der Waals surface area contributed by atoms with Gasteiger partial charge < -0.3 is 5.73 Å². The van der Waals surface area contributed by atoms with Gasteiger partial charge in [-0.3, -0.25) is 0 Å². The molecule has 0 spiro atoms. The van der Waals surface area contributed by atoms with Gasteiger partial charge >= 0.3 is 0 Å². The van der Waals surface area contributed by atoms with E-state index in [9.17, 15) is 8.78 Å². The fraction of sp³-hybridized carbons (Fsp3) is 0.0769. The fourth-order valence-electron chi connectivity index (χ4n) is 1.70. The lowest BCUT2D eigenvalue weighted by Crippen LogP contribution is -2.15. The lowest BCUT2D eigenvalue weighted by Gasteiger charge is -2.15. The first-order valence-electron chi connectivity index (χ1n) is 5.25. The van der Waals surface area contributed by atoms with Crippen LogP contribution in [0.1, 0.15) is 17.2 Å². The Balaban J connectivity index is 2.49. The Labute approximate surface area is 131 Å². The minimum atomic E-state index is -0.918. The summed E-state index contributed by atoms with van der Waals surface area (Å²) in [6.45, 7) is 0. The van der Waals surface area contributed by atoms with Crippen molar-refractivity contribution in [3.8, 4) is 0 Å². The van der Waals surface area contributed by atoms with Gasteiger partial charge in [0, 0.05) is 20.1 Å². The Morgan fingerprint density at radius 2 is 1.63 bits per heavy atom. The molecule has 19 heavy (non-hydrogen) atoms. The average molecular weight is 411 g/mol. The second-order valence-corrected chi connectivity index (χ2v) is 6.11. The summed E-state index contributed by atoms with van der Waals surface area (Å²) in [6, 6.07) is 6.14. The molecule has 0 radical (unpaired) electrons. The number of rotatable bonds is 2. The van der Waals surface area contributed by atoms with Gasteiger partial charge in [0.05, 0.1) is 11.1 Å². The predicted octanol–water partition coefficient (Wildman–Crippen LogP) is 5.19. The molecule has 2 aromatic rings. The molecule has 2 rings (SSSR count). The molecule has 100 valence electrons. The van der Waals surface area contributed by atoms with E-state index in [1.165, 1.54) is 24.3 Å². The summed E-state index contributed by atoms with van der Waals surface area (Å²) in [4.78, 5) is 0. The predicted molar refractivity (Wildman–Crippen MR) is 79.2 cm³/mol. The van der Waals surface area contributed by atoms with Crippen LogP contribution in [0.4, 0.5) is 8.78 Å². The van der Waals surface area contributed by atoms with Crippen LogP contribution in [-0.2, 0) is 0 Å². The van der Waals surface area contributed by atoms with Crippen molar-refractivity contribution in [1.82, 2.24) is 0 Å². The van der Waals surface area contributed by atoms with E-state index in [1.807, 2.05) is 0 Å². The molecule has 2 N–H and O–H groups in total. The summed E-state index contributed by atoms with van der Waals surface area (Å²) < 4.78 is 28.7. The van der Waals surface area contributed by atoms with Crippen LogP contribution in [0.5, 0.6) is 0 Å². The maximum atomic E-state index is 13.9. The number of nitrogens with two attached hydrogens (primary N) is 1. The SMILES string of the molecule is NC(c1ccc(Br)cc1F)c1cc(Cl)c(Br)cc1F. The second kappa shape index (κ2) is 5.87. The minimum absolute atomic E-state index is 0.148. The van der Waals surface area contributed by atoms with E-state index >= 15 is 0 Å².